The molecule has 172 valence electrons. The summed E-state index contributed by atoms with van der Waals surface area (Å²) >= 11 is 0. The molecule has 10 heteroatoms. The maximum Gasteiger partial charge on any atom is 0.260 e. The van der Waals surface area contributed by atoms with Crippen LogP contribution in [0.4, 0.5) is 0 Å². The van der Waals surface area contributed by atoms with Crippen molar-refractivity contribution < 1.29 is 17.9 Å². The number of nitrogens with two attached hydrogens (primary N) is 1. The summed E-state index contributed by atoms with van der Waals surface area (Å²) < 4.78 is 33.8. The molecule has 31 heavy (non-hydrogen) atoms. The van der Waals surface area contributed by atoms with E-state index in [0.717, 1.165) is 31.5 Å². The van der Waals surface area contributed by atoms with Crippen LogP contribution < -0.4 is 5.73 Å². The van der Waals surface area contributed by atoms with Crippen molar-refractivity contribution in [3.63, 3.8) is 0 Å². The fourth-order valence-corrected chi connectivity index (χ4v) is 6.35. The Kier molecular flexibility index (Phi) is 7.22. The smallest absolute Gasteiger partial charge is 0.260 e. The highest BCUT2D eigenvalue weighted by atomic mass is 32.2. The van der Waals surface area contributed by atoms with Crippen molar-refractivity contribution in [3.05, 3.63) is 23.9 Å². The van der Waals surface area contributed by atoms with Gasteiger partial charge >= 0.3 is 0 Å². The Morgan fingerprint density at radius 1 is 1.13 bits per heavy atom. The summed E-state index contributed by atoms with van der Waals surface area (Å²) in [6, 6.07) is 3.30. The highest BCUT2D eigenvalue weighted by Crippen LogP contribution is 2.29. The molecule has 4 rings (SSSR count). The van der Waals surface area contributed by atoms with E-state index in [1.54, 1.807) is 12.1 Å². The number of amides is 1. The number of sulfonamides is 1. The number of morpholine rings is 1. The Hall–Kier alpha value is -1.59. The van der Waals surface area contributed by atoms with Crippen molar-refractivity contribution in [2.45, 2.75) is 43.3 Å². The van der Waals surface area contributed by atoms with Gasteiger partial charge in [-0.1, -0.05) is 6.42 Å². The molecule has 3 aliphatic rings. The van der Waals surface area contributed by atoms with Crippen molar-refractivity contribution in [2.75, 3.05) is 52.5 Å². The summed E-state index contributed by atoms with van der Waals surface area (Å²) in [5, 5.41) is 0.00677. The maximum atomic E-state index is 13.5. The largest absolute Gasteiger partial charge is 0.378 e. The molecule has 1 amide bonds. The molecule has 3 saturated heterocycles. The van der Waals surface area contributed by atoms with Gasteiger partial charge in [0, 0.05) is 45.0 Å². The molecule has 1 aromatic heterocycles. The Labute approximate surface area is 184 Å². The topological polar surface area (TPSA) is 109 Å². The van der Waals surface area contributed by atoms with Crippen LogP contribution in [0.2, 0.25) is 0 Å². The van der Waals surface area contributed by atoms with E-state index >= 15 is 0 Å². The molecule has 0 saturated carbocycles. The predicted octanol–water partition coefficient (Wildman–Crippen LogP) is 0.264. The third kappa shape index (κ3) is 5.09. The number of likely N-dealkylation sites (tertiary alicyclic amines) is 1. The minimum atomic E-state index is -3.82. The number of hydrogen-bond donors (Lipinski definition) is 1. The average molecular weight is 452 g/mol. The van der Waals surface area contributed by atoms with Gasteiger partial charge in [0.1, 0.15) is 0 Å². The van der Waals surface area contributed by atoms with Crippen LogP contribution >= 0.6 is 0 Å². The van der Waals surface area contributed by atoms with Gasteiger partial charge < -0.3 is 15.4 Å². The number of carbonyl (C=O) groups excluding carboxylic acids is 1. The number of aromatic nitrogens is 1. The molecule has 4 heterocycles. The lowest BCUT2D eigenvalue weighted by Crippen LogP contribution is -2.57. The molecule has 2 N–H and O–H groups in total. The van der Waals surface area contributed by atoms with E-state index in [1.807, 2.05) is 4.90 Å². The van der Waals surface area contributed by atoms with E-state index in [2.05, 4.69) is 9.88 Å². The lowest BCUT2D eigenvalue weighted by molar-refractivity contribution is -0.141. The van der Waals surface area contributed by atoms with Gasteiger partial charge in [0.25, 0.3) is 10.0 Å². The standard InChI is InChI=1S/C21H33N5O4S/c22-14-17-4-5-23-20(12-17)31(28,29)26-15-18(21(27)25-8-10-30-11-9-25)13-19(16-26)24-6-2-1-3-7-24/h4-5,12,18-19H,1-3,6-11,13-16,22H2. The van der Waals surface area contributed by atoms with E-state index in [-0.39, 0.29) is 36.0 Å². The number of piperidine rings is 2. The summed E-state index contributed by atoms with van der Waals surface area (Å²) in [6.07, 6.45) is 5.62. The number of carbonyl (C=O) groups is 1. The first kappa shape index (κ1) is 22.6. The fourth-order valence-electron chi connectivity index (χ4n) is 4.85. The van der Waals surface area contributed by atoms with Crippen LogP contribution in [0.3, 0.4) is 0 Å². The van der Waals surface area contributed by atoms with Crippen LogP contribution in [0, 0.1) is 5.92 Å². The first-order valence-corrected chi connectivity index (χ1v) is 12.7. The lowest BCUT2D eigenvalue weighted by Gasteiger charge is -2.44. The second-order valence-corrected chi connectivity index (χ2v) is 10.5. The minimum absolute atomic E-state index is 0.00677. The molecule has 1 aromatic rings. The molecule has 0 aromatic carbocycles. The van der Waals surface area contributed by atoms with E-state index in [1.165, 1.54) is 16.9 Å². The highest BCUT2D eigenvalue weighted by molar-refractivity contribution is 7.89. The molecule has 3 aliphatic heterocycles. The number of pyridine rings is 1. The van der Waals surface area contributed by atoms with E-state index in [0.29, 0.717) is 39.3 Å². The molecule has 3 fully saturated rings. The van der Waals surface area contributed by atoms with Gasteiger partial charge in [-0.2, -0.15) is 4.31 Å². The van der Waals surface area contributed by atoms with Gasteiger partial charge in [0.2, 0.25) is 5.91 Å². The molecular weight excluding hydrogens is 418 g/mol. The summed E-state index contributed by atoms with van der Waals surface area (Å²) in [7, 11) is -3.82. The first-order valence-electron chi connectivity index (χ1n) is 11.2. The molecular formula is C21H33N5O4S. The van der Waals surface area contributed by atoms with Gasteiger partial charge in [-0.05, 0) is 50.0 Å². The van der Waals surface area contributed by atoms with E-state index in [4.69, 9.17) is 10.5 Å². The maximum absolute atomic E-state index is 13.5. The quantitative estimate of drug-likeness (QED) is 0.684. The Balaban J connectivity index is 1.59. The van der Waals surface area contributed by atoms with E-state index < -0.39 is 10.0 Å². The Bertz CT molecular complexity index is 868. The highest BCUT2D eigenvalue weighted by Gasteiger charge is 2.41. The number of hydrogen-bond acceptors (Lipinski definition) is 7. The monoisotopic (exact) mass is 451 g/mol. The summed E-state index contributed by atoms with van der Waals surface area (Å²) in [4.78, 5) is 21.6. The minimum Gasteiger partial charge on any atom is -0.378 e. The van der Waals surface area contributed by atoms with Crippen LogP contribution in [0.25, 0.3) is 0 Å². The third-order valence-corrected chi connectivity index (χ3v) is 8.34. The van der Waals surface area contributed by atoms with Gasteiger partial charge in [-0.3, -0.25) is 9.69 Å². The van der Waals surface area contributed by atoms with Crippen LogP contribution in [-0.4, -0.2) is 91.9 Å². The second-order valence-electron chi connectivity index (χ2n) is 8.65. The normalized spacial score (nSPS) is 26.7. The number of nitrogens with zero attached hydrogens (tertiary/aromatic N) is 4. The van der Waals surface area contributed by atoms with Crippen LogP contribution in [0.5, 0.6) is 0 Å². The zero-order valence-corrected chi connectivity index (χ0v) is 18.8. The third-order valence-electron chi connectivity index (χ3n) is 6.61. The summed E-state index contributed by atoms with van der Waals surface area (Å²) in [6.45, 7) is 4.95. The van der Waals surface area contributed by atoms with Crippen LogP contribution in [-0.2, 0) is 26.1 Å². The number of ether oxygens (including phenoxy) is 1. The molecule has 0 radical (unpaired) electrons. The van der Waals surface area contributed by atoms with Crippen molar-refractivity contribution in [3.8, 4) is 0 Å². The second kappa shape index (κ2) is 9.91. The summed E-state index contributed by atoms with van der Waals surface area (Å²) in [5.74, 6) is -0.319. The molecule has 0 spiro atoms. The van der Waals surface area contributed by atoms with Gasteiger partial charge in [-0.25, -0.2) is 13.4 Å². The molecule has 2 unspecified atom stereocenters. The van der Waals surface area contributed by atoms with Crippen molar-refractivity contribution >= 4 is 15.9 Å². The van der Waals surface area contributed by atoms with Crippen LogP contribution in [0.15, 0.2) is 23.4 Å². The molecule has 9 nitrogen and oxygen atoms in total. The SMILES string of the molecule is NCc1ccnc(S(=O)(=O)N2CC(C(=O)N3CCOCC3)CC(N3CCCCC3)C2)c1. The van der Waals surface area contributed by atoms with Crippen molar-refractivity contribution in [2.24, 2.45) is 11.7 Å². The zero-order valence-electron chi connectivity index (χ0n) is 18.0. The van der Waals surface area contributed by atoms with E-state index in [9.17, 15) is 13.2 Å². The van der Waals surface area contributed by atoms with Gasteiger partial charge in [0.05, 0.1) is 19.1 Å². The average Bonchev–Trinajstić information content (AvgIpc) is 2.84. The molecule has 0 bridgehead atoms. The lowest BCUT2D eigenvalue weighted by atomic mass is 9.92. The van der Waals surface area contributed by atoms with Crippen molar-refractivity contribution in [1.82, 2.24) is 19.1 Å². The van der Waals surface area contributed by atoms with Crippen LogP contribution in [0.1, 0.15) is 31.2 Å². The summed E-state index contributed by atoms with van der Waals surface area (Å²) in [5.41, 5.74) is 6.42. The van der Waals surface area contributed by atoms with Gasteiger partial charge in [-0.15, -0.1) is 0 Å². The molecule has 0 aliphatic carbocycles. The zero-order chi connectivity index (χ0) is 21.8. The fraction of sp³-hybridized carbons (Fsp3) is 0.714. The predicted molar refractivity (Wildman–Crippen MR) is 116 cm³/mol. The molecule has 2 atom stereocenters. The Morgan fingerprint density at radius 2 is 1.87 bits per heavy atom. The Morgan fingerprint density at radius 3 is 2.58 bits per heavy atom. The first-order chi connectivity index (χ1) is 15.0. The van der Waals surface area contributed by atoms with Crippen molar-refractivity contribution in [1.29, 1.82) is 0 Å². The number of rotatable bonds is 5. The van der Waals surface area contributed by atoms with Gasteiger partial charge in [0.15, 0.2) is 5.03 Å².